The summed E-state index contributed by atoms with van der Waals surface area (Å²) in [4.78, 5) is 11.2. The van der Waals surface area contributed by atoms with Crippen LogP contribution >= 0.6 is 22.9 Å². The van der Waals surface area contributed by atoms with Crippen molar-refractivity contribution in [1.82, 2.24) is 9.97 Å². The van der Waals surface area contributed by atoms with Crippen LogP contribution in [0.25, 0.3) is 10.2 Å². The number of benzene rings is 1. The molecule has 0 saturated heterocycles. The number of rotatable bonds is 3. The molecule has 118 valence electrons. The summed E-state index contributed by atoms with van der Waals surface area (Å²) >= 11 is 7.86. The predicted molar refractivity (Wildman–Crippen MR) is 95.5 cm³/mol. The first kappa shape index (κ1) is 14.7. The summed E-state index contributed by atoms with van der Waals surface area (Å²) in [6, 6.07) is 6.03. The van der Waals surface area contributed by atoms with Gasteiger partial charge in [0.05, 0.1) is 18.2 Å². The number of anilines is 2. The molecule has 0 radical (unpaired) electrons. The molecule has 0 spiro atoms. The summed E-state index contributed by atoms with van der Waals surface area (Å²) in [5, 5.41) is 4.79. The molecule has 0 fully saturated rings. The SMILES string of the molecule is COc1ccc(C)cc1Nc1nc(Cl)nc2sc3c(c12)CCC3. The minimum atomic E-state index is 0.270. The number of fused-ring (bicyclic) bond motifs is 3. The number of nitrogens with zero attached hydrogens (tertiary/aromatic N) is 2. The molecule has 0 atom stereocenters. The van der Waals surface area contributed by atoms with Gasteiger partial charge in [0.25, 0.3) is 0 Å². The van der Waals surface area contributed by atoms with Crippen LogP contribution < -0.4 is 10.1 Å². The van der Waals surface area contributed by atoms with Gasteiger partial charge in [-0.2, -0.15) is 4.98 Å². The van der Waals surface area contributed by atoms with Gasteiger partial charge >= 0.3 is 0 Å². The smallest absolute Gasteiger partial charge is 0.225 e. The second-order valence-corrected chi connectivity index (χ2v) is 7.13. The van der Waals surface area contributed by atoms with E-state index in [-0.39, 0.29) is 5.28 Å². The maximum absolute atomic E-state index is 6.13. The van der Waals surface area contributed by atoms with E-state index in [0.29, 0.717) is 0 Å². The zero-order valence-electron chi connectivity index (χ0n) is 12.9. The molecule has 2 heterocycles. The van der Waals surface area contributed by atoms with Gasteiger partial charge in [-0.1, -0.05) is 6.07 Å². The third-order valence-electron chi connectivity index (χ3n) is 4.15. The number of hydrogen-bond donors (Lipinski definition) is 1. The monoisotopic (exact) mass is 345 g/mol. The van der Waals surface area contributed by atoms with Crippen molar-refractivity contribution in [1.29, 1.82) is 0 Å². The van der Waals surface area contributed by atoms with Crippen LogP contribution in [0.15, 0.2) is 18.2 Å². The van der Waals surface area contributed by atoms with E-state index in [1.54, 1.807) is 18.4 Å². The van der Waals surface area contributed by atoms with Crippen LogP contribution in [-0.4, -0.2) is 17.1 Å². The summed E-state index contributed by atoms with van der Waals surface area (Å²) in [6.45, 7) is 2.05. The van der Waals surface area contributed by atoms with Crippen LogP contribution in [0.3, 0.4) is 0 Å². The van der Waals surface area contributed by atoms with E-state index in [1.807, 2.05) is 18.2 Å². The molecule has 3 aromatic rings. The molecule has 4 nitrogen and oxygen atoms in total. The molecule has 0 bridgehead atoms. The molecule has 1 N–H and O–H groups in total. The van der Waals surface area contributed by atoms with Gasteiger partial charge in [0.2, 0.25) is 5.28 Å². The van der Waals surface area contributed by atoms with Crippen LogP contribution in [0.2, 0.25) is 5.28 Å². The highest BCUT2D eigenvalue weighted by atomic mass is 35.5. The predicted octanol–water partition coefficient (Wildman–Crippen LogP) is 4.89. The van der Waals surface area contributed by atoms with Gasteiger partial charge in [-0.25, -0.2) is 4.98 Å². The molecule has 2 aromatic heterocycles. The first-order valence-corrected chi connectivity index (χ1v) is 8.74. The van der Waals surface area contributed by atoms with Gasteiger partial charge < -0.3 is 10.1 Å². The second kappa shape index (κ2) is 5.65. The Balaban J connectivity index is 1.87. The topological polar surface area (TPSA) is 47.0 Å². The zero-order chi connectivity index (χ0) is 16.0. The van der Waals surface area contributed by atoms with Crippen LogP contribution in [0, 0.1) is 6.92 Å². The lowest BCUT2D eigenvalue weighted by atomic mass is 10.1. The lowest BCUT2D eigenvalue weighted by Gasteiger charge is -2.13. The minimum absolute atomic E-state index is 0.270. The van der Waals surface area contributed by atoms with Crippen molar-refractivity contribution in [2.75, 3.05) is 12.4 Å². The third-order valence-corrected chi connectivity index (χ3v) is 5.50. The lowest BCUT2D eigenvalue weighted by molar-refractivity contribution is 0.416. The Morgan fingerprint density at radius 3 is 2.96 bits per heavy atom. The summed E-state index contributed by atoms with van der Waals surface area (Å²) in [7, 11) is 1.67. The maximum atomic E-state index is 6.13. The number of nitrogens with one attached hydrogen (secondary N) is 1. The second-order valence-electron chi connectivity index (χ2n) is 5.71. The lowest BCUT2D eigenvalue weighted by Crippen LogP contribution is -1.99. The fourth-order valence-electron chi connectivity index (χ4n) is 3.11. The van der Waals surface area contributed by atoms with Crippen molar-refractivity contribution in [2.24, 2.45) is 0 Å². The fraction of sp³-hybridized carbons (Fsp3) is 0.294. The van der Waals surface area contributed by atoms with E-state index < -0.39 is 0 Å². The number of halogens is 1. The number of aryl methyl sites for hydroxylation is 3. The van der Waals surface area contributed by atoms with Crippen molar-refractivity contribution >= 4 is 44.7 Å². The van der Waals surface area contributed by atoms with Crippen molar-refractivity contribution < 1.29 is 4.74 Å². The van der Waals surface area contributed by atoms with Crippen LogP contribution in [0.1, 0.15) is 22.4 Å². The Labute approximate surface area is 143 Å². The Kier molecular flexibility index (Phi) is 3.62. The minimum Gasteiger partial charge on any atom is -0.495 e. The van der Waals surface area contributed by atoms with E-state index in [4.69, 9.17) is 16.3 Å². The average Bonchev–Trinajstić information content (AvgIpc) is 3.07. The standard InChI is InChI=1S/C17H16ClN3OS/c1-9-6-7-12(22-2)11(8-9)19-15-14-10-4-3-5-13(10)23-16(14)21-17(18)20-15/h6-8H,3-5H2,1-2H3,(H,19,20,21). The van der Waals surface area contributed by atoms with Gasteiger partial charge in [-0.05, 0) is 61.0 Å². The summed E-state index contributed by atoms with van der Waals surface area (Å²) in [5.74, 6) is 1.55. The van der Waals surface area contributed by atoms with Gasteiger partial charge in [0.15, 0.2) is 0 Å². The van der Waals surface area contributed by atoms with E-state index in [0.717, 1.165) is 45.9 Å². The number of thiophene rings is 1. The molecular weight excluding hydrogens is 330 g/mol. The highest BCUT2D eigenvalue weighted by Crippen LogP contribution is 2.41. The third kappa shape index (κ3) is 2.54. The average molecular weight is 346 g/mol. The molecule has 1 aliphatic rings. The summed E-state index contributed by atoms with van der Waals surface area (Å²) in [6.07, 6.45) is 3.41. The van der Waals surface area contributed by atoms with Crippen molar-refractivity contribution in [2.45, 2.75) is 26.2 Å². The molecule has 0 aliphatic heterocycles. The summed E-state index contributed by atoms with van der Waals surface area (Å²) in [5.41, 5.74) is 3.41. The fourth-order valence-corrected chi connectivity index (χ4v) is 4.59. The molecule has 1 aliphatic carbocycles. The molecule has 0 saturated carbocycles. The first-order valence-electron chi connectivity index (χ1n) is 7.55. The Bertz CT molecular complexity index is 906. The van der Waals surface area contributed by atoms with Crippen LogP contribution in [0.4, 0.5) is 11.5 Å². The normalized spacial score (nSPS) is 13.3. The van der Waals surface area contributed by atoms with E-state index >= 15 is 0 Å². The van der Waals surface area contributed by atoms with Crippen LogP contribution in [0.5, 0.6) is 5.75 Å². The van der Waals surface area contributed by atoms with Crippen LogP contribution in [-0.2, 0) is 12.8 Å². The van der Waals surface area contributed by atoms with E-state index in [1.165, 1.54) is 16.9 Å². The largest absolute Gasteiger partial charge is 0.495 e. The van der Waals surface area contributed by atoms with Crippen molar-refractivity contribution in [3.05, 3.63) is 39.5 Å². The van der Waals surface area contributed by atoms with Crippen molar-refractivity contribution in [3.63, 3.8) is 0 Å². The molecule has 0 unspecified atom stereocenters. The van der Waals surface area contributed by atoms with Gasteiger partial charge in [0, 0.05) is 4.88 Å². The number of ether oxygens (including phenoxy) is 1. The Morgan fingerprint density at radius 1 is 1.26 bits per heavy atom. The molecular formula is C17H16ClN3OS. The zero-order valence-corrected chi connectivity index (χ0v) is 14.5. The highest BCUT2D eigenvalue weighted by molar-refractivity contribution is 7.19. The van der Waals surface area contributed by atoms with E-state index in [9.17, 15) is 0 Å². The molecule has 1 aromatic carbocycles. The number of hydrogen-bond acceptors (Lipinski definition) is 5. The van der Waals surface area contributed by atoms with E-state index in [2.05, 4.69) is 22.2 Å². The highest BCUT2D eigenvalue weighted by Gasteiger charge is 2.22. The quantitative estimate of drug-likeness (QED) is 0.686. The Hall–Kier alpha value is -1.85. The first-order chi connectivity index (χ1) is 11.2. The van der Waals surface area contributed by atoms with Gasteiger partial charge in [-0.3, -0.25) is 0 Å². The molecule has 6 heteroatoms. The summed E-state index contributed by atoms with van der Waals surface area (Å²) < 4.78 is 5.45. The Morgan fingerprint density at radius 2 is 2.13 bits per heavy atom. The maximum Gasteiger partial charge on any atom is 0.225 e. The van der Waals surface area contributed by atoms with Gasteiger partial charge in [-0.15, -0.1) is 11.3 Å². The molecule has 4 rings (SSSR count). The number of methoxy groups -OCH3 is 1. The number of aromatic nitrogens is 2. The van der Waals surface area contributed by atoms with Crippen molar-refractivity contribution in [3.8, 4) is 5.75 Å². The molecule has 0 amide bonds. The molecule has 23 heavy (non-hydrogen) atoms. The van der Waals surface area contributed by atoms with Gasteiger partial charge in [0.1, 0.15) is 16.4 Å².